The van der Waals surface area contributed by atoms with Gasteiger partial charge < -0.3 is 0 Å². The number of hydrogen-bond donors (Lipinski definition) is 0. The van der Waals surface area contributed by atoms with Gasteiger partial charge >= 0.3 is 0 Å². The molecule has 0 aliphatic heterocycles. The molecule has 0 N–H and O–H groups in total. The van der Waals surface area contributed by atoms with Crippen molar-refractivity contribution >= 4 is 9.84 Å². The van der Waals surface area contributed by atoms with Crippen molar-refractivity contribution in [2.45, 2.75) is 134 Å². The maximum absolute atomic E-state index is 12.7. The Morgan fingerprint density at radius 3 is 1.82 bits per heavy atom. The lowest BCUT2D eigenvalue weighted by molar-refractivity contribution is 0.145. The van der Waals surface area contributed by atoms with Crippen LogP contribution in [0, 0.1) is 17.8 Å². The number of rotatable bonds is 12. The number of sulfone groups is 1. The summed E-state index contributed by atoms with van der Waals surface area (Å²) < 4.78 is 25.0. The van der Waals surface area contributed by atoms with Gasteiger partial charge in [-0.1, -0.05) is 84.5 Å². The third kappa shape index (κ3) is 7.03. The molecule has 0 bridgehead atoms. The highest BCUT2D eigenvalue weighted by atomic mass is 32.2. The second kappa shape index (κ2) is 12.0. The van der Waals surface area contributed by atoms with Crippen LogP contribution in [0.1, 0.15) is 129 Å². The maximum Gasteiger partial charge on any atom is 0.153 e. The van der Waals surface area contributed by atoms with Crippen molar-refractivity contribution in [3.05, 3.63) is 0 Å². The largest absolute Gasteiger partial charge is 0.229 e. The minimum Gasteiger partial charge on any atom is -0.229 e. The number of unbranched alkanes of at least 4 members (excludes halogenated alkanes) is 6. The summed E-state index contributed by atoms with van der Waals surface area (Å²) in [5.74, 6) is 2.65. The van der Waals surface area contributed by atoms with Crippen molar-refractivity contribution < 1.29 is 8.42 Å². The third-order valence-corrected chi connectivity index (χ3v) is 10.4. The Bertz CT molecular complexity index is 509. The summed E-state index contributed by atoms with van der Waals surface area (Å²) in [7, 11) is -2.96. The van der Waals surface area contributed by atoms with Gasteiger partial charge in [-0.15, -0.1) is 0 Å². The Balaban J connectivity index is 1.79. The van der Waals surface area contributed by atoms with Crippen LogP contribution in [0.5, 0.6) is 0 Å². The normalized spacial score (nSPS) is 31.8. The minimum absolute atomic E-state index is 0.396. The van der Waals surface area contributed by atoms with Gasteiger partial charge in [-0.2, -0.15) is 0 Å². The summed E-state index contributed by atoms with van der Waals surface area (Å²) in [4.78, 5) is 0. The van der Waals surface area contributed by atoms with E-state index in [2.05, 4.69) is 13.8 Å². The molecular formula is C25H48O2S. The molecule has 0 saturated heterocycles. The smallest absolute Gasteiger partial charge is 0.153 e. The predicted octanol–water partition coefficient (Wildman–Crippen LogP) is 7.71. The fourth-order valence-corrected chi connectivity index (χ4v) is 7.62. The number of hydrogen-bond acceptors (Lipinski definition) is 2. The molecule has 2 aliphatic carbocycles. The minimum atomic E-state index is -2.96. The summed E-state index contributed by atoms with van der Waals surface area (Å²) in [6.45, 7) is 4.53. The third-order valence-electron chi connectivity index (χ3n) is 8.24. The van der Waals surface area contributed by atoms with Gasteiger partial charge in [0.1, 0.15) is 0 Å². The second-order valence-corrected chi connectivity index (χ2v) is 12.6. The van der Waals surface area contributed by atoms with Gasteiger partial charge in [0.25, 0.3) is 0 Å². The monoisotopic (exact) mass is 412 g/mol. The molecule has 3 heteroatoms. The Labute approximate surface area is 176 Å². The van der Waals surface area contributed by atoms with Crippen molar-refractivity contribution in [2.75, 3.05) is 6.26 Å². The van der Waals surface area contributed by atoms with E-state index in [0.29, 0.717) is 0 Å². The molecule has 0 heterocycles. The van der Waals surface area contributed by atoms with E-state index < -0.39 is 14.6 Å². The molecule has 2 aliphatic rings. The zero-order chi connectivity index (χ0) is 20.5. The first-order chi connectivity index (χ1) is 13.4. The molecule has 28 heavy (non-hydrogen) atoms. The molecule has 166 valence electrons. The highest BCUT2D eigenvalue weighted by Gasteiger charge is 2.44. The molecule has 2 nitrogen and oxygen atoms in total. The van der Waals surface area contributed by atoms with Crippen molar-refractivity contribution in [3.8, 4) is 0 Å². The molecule has 0 aromatic carbocycles. The molecule has 0 unspecified atom stereocenters. The lowest BCUT2D eigenvalue weighted by Crippen LogP contribution is -2.43. The van der Waals surface area contributed by atoms with Crippen molar-refractivity contribution in [2.24, 2.45) is 17.8 Å². The van der Waals surface area contributed by atoms with Crippen LogP contribution in [0.3, 0.4) is 0 Å². The van der Waals surface area contributed by atoms with Crippen molar-refractivity contribution in [1.82, 2.24) is 0 Å². The van der Waals surface area contributed by atoms with Crippen LogP contribution in [0.25, 0.3) is 0 Å². The van der Waals surface area contributed by atoms with E-state index in [1.165, 1.54) is 83.3 Å². The van der Waals surface area contributed by atoms with E-state index in [-0.39, 0.29) is 0 Å². The molecule has 2 saturated carbocycles. The van der Waals surface area contributed by atoms with Gasteiger partial charge in [0.05, 0.1) is 4.75 Å². The summed E-state index contributed by atoms with van der Waals surface area (Å²) >= 11 is 0. The molecule has 2 rings (SSSR count). The van der Waals surface area contributed by atoms with Crippen LogP contribution >= 0.6 is 0 Å². The van der Waals surface area contributed by atoms with E-state index in [0.717, 1.165) is 56.3 Å². The lowest BCUT2D eigenvalue weighted by Gasteiger charge is -2.43. The van der Waals surface area contributed by atoms with E-state index in [1.54, 1.807) is 0 Å². The SMILES string of the molecule is CCCCCCCC1(S(C)(=O)=O)CCC(C2CCC(CCCCC)CC2)CC1. The van der Waals surface area contributed by atoms with Gasteiger partial charge in [0.2, 0.25) is 0 Å². The Morgan fingerprint density at radius 2 is 1.25 bits per heavy atom. The molecule has 0 aromatic heterocycles. The summed E-state index contributed by atoms with van der Waals surface area (Å²) in [5, 5.41) is 0. The quantitative estimate of drug-likeness (QED) is 0.308. The molecule has 0 aromatic rings. The molecule has 2 fully saturated rings. The van der Waals surface area contributed by atoms with Gasteiger partial charge in [-0.3, -0.25) is 0 Å². The first-order valence-corrected chi connectivity index (χ1v) is 14.5. The lowest BCUT2D eigenvalue weighted by atomic mass is 9.68. The fraction of sp³-hybridized carbons (Fsp3) is 1.00. The molecule has 0 radical (unpaired) electrons. The van der Waals surface area contributed by atoms with E-state index >= 15 is 0 Å². The van der Waals surface area contributed by atoms with E-state index in [4.69, 9.17) is 0 Å². The fourth-order valence-electron chi connectivity index (χ4n) is 6.13. The van der Waals surface area contributed by atoms with Crippen LogP contribution in [0.4, 0.5) is 0 Å². The van der Waals surface area contributed by atoms with Crippen LogP contribution in [0.2, 0.25) is 0 Å². The maximum atomic E-state index is 12.7. The average molecular weight is 413 g/mol. The summed E-state index contributed by atoms with van der Waals surface area (Å²) in [6.07, 6.45) is 24.0. The standard InChI is InChI=1S/C25H48O2S/c1-4-6-8-9-11-19-25(28(3,26)27)20-17-24(18-21-25)23-15-13-22(14-16-23)12-10-7-5-2/h22-24H,4-21H2,1-3H3. The van der Waals surface area contributed by atoms with Crippen LogP contribution in [-0.4, -0.2) is 19.4 Å². The van der Waals surface area contributed by atoms with Crippen LogP contribution < -0.4 is 0 Å². The Morgan fingerprint density at radius 1 is 0.714 bits per heavy atom. The van der Waals surface area contributed by atoms with E-state index in [1.807, 2.05) is 0 Å². The van der Waals surface area contributed by atoms with Gasteiger partial charge in [0, 0.05) is 6.26 Å². The van der Waals surface area contributed by atoms with Gasteiger partial charge in [-0.25, -0.2) is 8.42 Å². The average Bonchev–Trinajstić information content (AvgIpc) is 2.68. The van der Waals surface area contributed by atoms with Crippen molar-refractivity contribution in [1.29, 1.82) is 0 Å². The molecular weight excluding hydrogens is 364 g/mol. The second-order valence-electron chi connectivity index (χ2n) is 10.2. The summed E-state index contributed by atoms with van der Waals surface area (Å²) in [6, 6.07) is 0. The predicted molar refractivity (Wildman–Crippen MR) is 122 cm³/mol. The zero-order valence-corrected chi connectivity index (χ0v) is 20.0. The topological polar surface area (TPSA) is 34.1 Å². The van der Waals surface area contributed by atoms with Crippen molar-refractivity contribution in [3.63, 3.8) is 0 Å². The highest BCUT2D eigenvalue weighted by molar-refractivity contribution is 7.92. The molecule has 0 spiro atoms. The van der Waals surface area contributed by atoms with E-state index in [9.17, 15) is 8.42 Å². The zero-order valence-electron chi connectivity index (χ0n) is 19.2. The Hall–Kier alpha value is -0.0500. The summed E-state index contributed by atoms with van der Waals surface area (Å²) in [5.41, 5.74) is 0. The van der Waals surface area contributed by atoms with Gasteiger partial charge in [0.15, 0.2) is 9.84 Å². The van der Waals surface area contributed by atoms with Gasteiger partial charge in [-0.05, 0) is 62.7 Å². The highest BCUT2D eigenvalue weighted by Crippen LogP contribution is 2.47. The Kier molecular flexibility index (Phi) is 10.3. The first kappa shape index (κ1) is 24.2. The van der Waals surface area contributed by atoms with Crippen LogP contribution in [-0.2, 0) is 9.84 Å². The molecule has 0 atom stereocenters. The molecule has 0 amide bonds. The van der Waals surface area contributed by atoms with Crippen LogP contribution in [0.15, 0.2) is 0 Å². The first-order valence-electron chi connectivity index (χ1n) is 12.6.